The molecule has 1 aromatic carbocycles. The predicted octanol–water partition coefficient (Wildman–Crippen LogP) is 2.21. The summed E-state index contributed by atoms with van der Waals surface area (Å²) in [6.07, 6.45) is 1.31. The molecule has 0 bridgehead atoms. The quantitative estimate of drug-likeness (QED) is 0.865. The van der Waals surface area contributed by atoms with Crippen molar-refractivity contribution < 1.29 is 14.3 Å². The van der Waals surface area contributed by atoms with Crippen LogP contribution in [0.3, 0.4) is 0 Å². The van der Waals surface area contributed by atoms with E-state index >= 15 is 0 Å². The van der Waals surface area contributed by atoms with Gasteiger partial charge in [-0.05, 0) is 18.2 Å². The van der Waals surface area contributed by atoms with Gasteiger partial charge >= 0.3 is 5.97 Å². The Morgan fingerprint density at radius 2 is 2.00 bits per heavy atom. The van der Waals surface area contributed by atoms with Gasteiger partial charge in [-0.3, -0.25) is 4.98 Å². The van der Waals surface area contributed by atoms with Crippen molar-refractivity contribution in [2.24, 2.45) is 0 Å². The van der Waals surface area contributed by atoms with E-state index in [4.69, 9.17) is 5.11 Å². The summed E-state index contributed by atoms with van der Waals surface area (Å²) in [4.78, 5) is 14.7. The highest BCUT2D eigenvalue weighted by atomic mass is 19.1. The van der Waals surface area contributed by atoms with Gasteiger partial charge in [0.05, 0.1) is 11.3 Å². The molecule has 0 spiro atoms. The first kappa shape index (κ1) is 13.2. The molecule has 0 aliphatic heterocycles. The maximum atomic E-state index is 13.3. The van der Waals surface area contributed by atoms with E-state index in [1.165, 1.54) is 18.3 Å². The van der Waals surface area contributed by atoms with Crippen LogP contribution >= 0.6 is 0 Å². The van der Waals surface area contributed by atoms with Crippen LogP contribution in [0.4, 0.5) is 4.39 Å². The number of hydrogen-bond acceptors (Lipinski definition) is 3. The molecule has 0 saturated carbocycles. The number of rotatable bonds is 5. The van der Waals surface area contributed by atoms with Crippen LogP contribution in [0.5, 0.6) is 0 Å². The third-order valence-corrected chi connectivity index (χ3v) is 2.65. The molecular weight excluding hydrogens is 247 g/mol. The fourth-order valence-electron chi connectivity index (χ4n) is 1.62. The van der Waals surface area contributed by atoms with E-state index in [0.29, 0.717) is 24.3 Å². The third kappa shape index (κ3) is 3.59. The third-order valence-electron chi connectivity index (χ3n) is 2.65. The monoisotopic (exact) mass is 260 g/mol. The van der Waals surface area contributed by atoms with Crippen LogP contribution in [-0.4, -0.2) is 16.1 Å². The summed E-state index contributed by atoms with van der Waals surface area (Å²) in [6, 6.07) is 9.68. The zero-order valence-electron chi connectivity index (χ0n) is 10.1. The van der Waals surface area contributed by atoms with Crippen molar-refractivity contribution in [1.29, 1.82) is 0 Å². The van der Waals surface area contributed by atoms with Gasteiger partial charge in [-0.15, -0.1) is 0 Å². The Hall–Kier alpha value is -2.27. The van der Waals surface area contributed by atoms with Gasteiger partial charge in [0.15, 0.2) is 0 Å². The second-order valence-corrected chi connectivity index (χ2v) is 4.04. The van der Waals surface area contributed by atoms with E-state index in [1.807, 2.05) is 0 Å². The SMILES string of the molecule is O=C(O)c1ccc(CNCc2ccccc2F)nc1. The molecule has 0 saturated heterocycles. The van der Waals surface area contributed by atoms with Crippen molar-refractivity contribution in [1.82, 2.24) is 10.3 Å². The van der Waals surface area contributed by atoms with Crippen LogP contribution in [0, 0.1) is 5.82 Å². The number of pyridine rings is 1. The first-order valence-electron chi connectivity index (χ1n) is 5.79. The maximum absolute atomic E-state index is 13.3. The first-order chi connectivity index (χ1) is 9.16. The number of carboxylic acid groups (broad SMARTS) is 1. The van der Waals surface area contributed by atoms with E-state index in [9.17, 15) is 9.18 Å². The summed E-state index contributed by atoms with van der Waals surface area (Å²) in [5.74, 6) is -1.25. The van der Waals surface area contributed by atoms with E-state index in [1.54, 1.807) is 24.3 Å². The molecule has 1 aromatic heterocycles. The molecule has 1 heterocycles. The van der Waals surface area contributed by atoms with E-state index < -0.39 is 5.97 Å². The molecule has 98 valence electrons. The average molecular weight is 260 g/mol. The summed E-state index contributed by atoms with van der Waals surface area (Å²) in [7, 11) is 0. The highest BCUT2D eigenvalue weighted by molar-refractivity contribution is 5.87. The normalized spacial score (nSPS) is 10.4. The zero-order valence-corrected chi connectivity index (χ0v) is 10.1. The van der Waals surface area contributed by atoms with Crippen molar-refractivity contribution in [2.75, 3.05) is 0 Å². The molecule has 0 aliphatic rings. The van der Waals surface area contributed by atoms with Gasteiger partial charge in [-0.2, -0.15) is 0 Å². The van der Waals surface area contributed by atoms with Gasteiger partial charge < -0.3 is 10.4 Å². The lowest BCUT2D eigenvalue weighted by atomic mass is 10.2. The number of nitrogens with zero attached hydrogens (tertiary/aromatic N) is 1. The zero-order chi connectivity index (χ0) is 13.7. The number of benzene rings is 1. The topological polar surface area (TPSA) is 62.2 Å². The Bertz CT molecular complexity index is 570. The molecule has 2 rings (SSSR count). The minimum absolute atomic E-state index is 0.151. The number of halogens is 1. The predicted molar refractivity (Wildman–Crippen MR) is 68.1 cm³/mol. The van der Waals surface area contributed by atoms with Crippen LogP contribution in [0.15, 0.2) is 42.6 Å². The number of aromatic carboxylic acids is 1. The second kappa shape index (κ2) is 6.06. The maximum Gasteiger partial charge on any atom is 0.337 e. The van der Waals surface area contributed by atoms with Gasteiger partial charge in [-0.25, -0.2) is 9.18 Å². The minimum atomic E-state index is -1.00. The number of carbonyl (C=O) groups is 1. The van der Waals surface area contributed by atoms with Crippen molar-refractivity contribution in [3.05, 3.63) is 65.2 Å². The lowest BCUT2D eigenvalue weighted by molar-refractivity contribution is 0.0696. The Kier molecular flexibility index (Phi) is 4.20. The van der Waals surface area contributed by atoms with Crippen LogP contribution in [0.1, 0.15) is 21.6 Å². The van der Waals surface area contributed by atoms with E-state index in [2.05, 4.69) is 10.3 Å². The van der Waals surface area contributed by atoms with Crippen molar-refractivity contribution in [3.63, 3.8) is 0 Å². The second-order valence-electron chi connectivity index (χ2n) is 4.04. The molecule has 2 aromatic rings. The van der Waals surface area contributed by atoms with E-state index in [-0.39, 0.29) is 11.4 Å². The van der Waals surface area contributed by atoms with Crippen molar-refractivity contribution in [2.45, 2.75) is 13.1 Å². The molecule has 2 N–H and O–H groups in total. The first-order valence-corrected chi connectivity index (χ1v) is 5.79. The highest BCUT2D eigenvalue weighted by Crippen LogP contribution is 2.06. The number of hydrogen-bond donors (Lipinski definition) is 2. The molecule has 0 aliphatic carbocycles. The van der Waals surface area contributed by atoms with Gasteiger partial charge in [0.25, 0.3) is 0 Å². The average Bonchev–Trinajstić information content (AvgIpc) is 2.41. The molecule has 0 amide bonds. The molecule has 4 nitrogen and oxygen atoms in total. The van der Waals surface area contributed by atoms with Gasteiger partial charge in [-0.1, -0.05) is 18.2 Å². The summed E-state index contributed by atoms with van der Waals surface area (Å²) >= 11 is 0. The number of aromatic nitrogens is 1. The largest absolute Gasteiger partial charge is 0.478 e. The number of carboxylic acids is 1. The molecular formula is C14H13FN2O2. The van der Waals surface area contributed by atoms with Crippen LogP contribution < -0.4 is 5.32 Å². The fourth-order valence-corrected chi connectivity index (χ4v) is 1.62. The summed E-state index contributed by atoms with van der Waals surface area (Å²) in [5, 5.41) is 11.8. The fraction of sp³-hybridized carbons (Fsp3) is 0.143. The van der Waals surface area contributed by atoms with Crippen molar-refractivity contribution >= 4 is 5.97 Å². The number of nitrogens with one attached hydrogen (secondary N) is 1. The summed E-state index contributed by atoms with van der Waals surface area (Å²) in [6.45, 7) is 0.850. The molecule has 0 unspecified atom stereocenters. The van der Waals surface area contributed by atoms with Crippen LogP contribution in [0.25, 0.3) is 0 Å². The van der Waals surface area contributed by atoms with E-state index in [0.717, 1.165) is 0 Å². The summed E-state index contributed by atoms with van der Waals surface area (Å²) < 4.78 is 13.3. The van der Waals surface area contributed by atoms with Crippen LogP contribution in [0.2, 0.25) is 0 Å². The van der Waals surface area contributed by atoms with Gasteiger partial charge in [0, 0.05) is 24.8 Å². The standard InChI is InChI=1S/C14H13FN2O2/c15-13-4-2-1-3-10(13)7-16-9-12-6-5-11(8-17-12)14(18)19/h1-6,8,16H,7,9H2,(H,18,19). The summed E-state index contributed by atoms with van der Waals surface area (Å²) in [5.41, 5.74) is 1.45. The lowest BCUT2D eigenvalue weighted by Crippen LogP contribution is -2.14. The Balaban J connectivity index is 1.89. The smallest absolute Gasteiger partial charge is 0.337 e. The highest BCUT2D eigenvalue weighted by Gasteiger charge is 2.03. The molecule has 0 atom stereocenters. The molecule has 5 heteroatoms. The van der Waals surface area contributed by atoms with Gasteiger partial charge in [0.2, 0.25) is 0 Å². The Morgan fingerprint density at radius 3 is 2.63 bits per heavy atom. The van der Waals surface area contributed by atoms with Crippen LogP contribution in [-0.2, 0) is 13.1 Å². The Morgan fingerprint density at radius 1 is 1.21 bits per heavy atom. The molecule has 19 heavy (non-hydrogen) atoms. The Labute approximate surface area is 109 Å². The van der Waals surface area contributed by atoms with Gasteiger partial charge in [0.1, 0.15) is 5.82 Å². The minimum Gasteiger partial charge on any atom is -0.478 e. The van der Waals surface area contributed by atoms with Crippen molar-refractivity contribution in [3.8, 4) is 0 Å². The molecule has 0 radical (unpaired) electrons. The molecule has 0 fully saturated rings. The lowest BCUT2D eigenvalue weighted by Gasteiger charge is -2.05.